The minimum absolute atomic E-state index is 0.410. The van der Waals surface area contributed by atoms with E-state index in [1.807, 2.05) is 0 Å². The maximum absolute atomic E-state index is 9.09. The van der Waals surface area contributed by atoms with E-state index >= 15 is 0 Å². The molecule has 1 N–H and O–H groups in total. The molecule has 2 aliphatic carbocycles. The van der Waals surface area contributed by atoms with Crippen LogP contribution in [-0.4, -0.2) is 20.9 Å². The van der Waals surface area contributed by atoms with E-state index < -0.39 is 10.0 Å². The van der Waals surface area contributed by atoms with Crippen LogP contribution in [0.3, 0.4) is 0 Å². The first kappa shape index (κ1) is 11.6. The van der Waals surface area contributed by atoms with Gasteiger partial charge in [-0.25, -0.2) is 0 Å². The molecule has 0 aliphatic heterocycles. The SMILES string of the molecule is O[SiH2]OC(CC1CCCC1)C1CCCC1. The molecule has 0 aromatic rings. The third-order valence-electron chi connectivity index (χ3n) is 4.25. The van der Waals surface area contributed by atoms with Gasteiger partial charge in [0.1, 0.15) is 0 Å². The van der Waals surface area contributed by atoms with Crippen molar-refractivity contribution in [3.05, 3.63) is 0 Å². The largest absolute Gasteiger partial charge is 0.415 e. The predicted molar refractivity (Wildman–Crippen MR) is 64.2 cm³/mol. The molecule has 2 fully saturated rings. The van der Waals surface area contributed by atoms with Gasteiger partial charge < -0.3 is 9.22 Å². The Labute approximate surface area is 95.5 Å². The maximum atomic E-state index is 9.09. The molecule has 2 rings (SSSR count). The lowest BCUT2D eigenvalue weighted by atomic mass is 9.91. The highest BCUT2D eigenvalue weighted by Crippen LogP contribution is 2.36. The second kappa shape index (κ2) is 6.02. The molecule has 0 amide bonds. The van der Waals surface area contributed by atoms with E-state index in [-0.39, 0.29) is 0 Å². The van der Waals surface area contributed by atoms with Crippen LogP contribution in [-0.2, 0) is 4.43 Å². The fourth-order valence-electron chi connectivity index (χ4n) is 3.40. The van der Waals surface area contributed by atoms with Crippen molar-refractivity contribution in [2.24, 2.45) is 11.8 Å². The molecule has 0 aromatic carbocycles. The molecule has 0 radical (unpaired) electrons. The number of hydrogen-bond acceptors (Lipinski definition) is 2. The van der Waals surface area contributed by atoms with Crippen molar-refractivity contribution in [3.8, 4) is 0 Å². The minimum Gasteiger partial charge on any atom is -0.415 e. The first-order chi connectivity index (χ1) is 7.40. The second-order valence-corrected chi connectivity index (χ2v) is 5.86. The first-order valence-electron chi connectivity index (χ1n) is 6.62. The highest BCUT2D eigenvalue weighted by molar-refractivity contribution is 6.15. The van der Waals surface area contributed by atoms with Gasteiger partial charge in [-0.15, -0.1) is 0 Å². The normalized spacial score (nSPS) is 27.0. The van der Waals surface area contributed by atoms with E-state index in [1.165, 1.54) is 57.8 Å². The minimum atomic E-state index is -1.20. The maximum Gasteiger partial charge on any atom is 0.302 e. The summed E-state index contributed by atoms with van der Waals surface area (Å²) in [4.78, 5) is 9.09. The van der Waals surface area contributed by atoms with Gasteiger partial charge in [-0.2, -0.15) is 0 Å². The van der Waals surface area contributed by atoms with Crippen molar-refractivity contribution in [2.75, 3.05) is 0 Å². The molecule has 0 bridgehead atoms. The van der Waals surface area contributed by atoms with E-state index in [0.29, 0.717) is 6.10 Å². The molecule has 15 heavy (non-hydrogen) atoms. The Kier molecular flexibility index (Phi) is 4.66. The molecule has 1 atom stereocenters. The second-order valence-electron chi connectivity index (χ2n) is 5.26. The van der Waals surface area contributed by atoms with Crippen LogP contribution in [0.15, 0.2) is 0 Å². The van der Waals surface area contributed by atoms with Gasteiger partial charge in [0, 0.05) is 6.10 Å². The summed E-state index contributed by atoms with van der Waals surface area (Å²) in [5, 5.41) is 0. The van der Waals surface area contributed by atoms with E-state index in [9.17, 15) is 0 Å². The summed E-state index contributed by atoms with van der Waals surface area (Å²) in [6.45, 7) is 0. The van der Waals surface area contributed by atoms with E-state index in [2.05, 4.69) is 0 Å². The Hall–Kier alpha value is 0.137. The molecule has 2 aliphatic rings. The van der Waals surface area contributed by atoms with Crippen molar-refractivity contribution in [2.45, 2.75) is 63.9 Å². The molecular formula is C12H24O2Si. The molecule has 3 heteroatoms. The van der Waals surface area contributed by atoms with Crippen molar-refractivity contribution < 1.29 is 9.22 Å². The molecule has 1 unspecified atom stereocenters. The first-order valence-corrected chi connectivity index (χ1v) is 7.83. The summed E-state index contributed by atoms with van der Waals surface area (Å²) in [6.07, 6.45) is 12.7. The van der Waals surface area contributed by atoms with E-state index in [1.54, 1.807) is 0 Å². The molecule has 0 saturated heterocycles. The van der Waals surface area contributed by atoms with E-state index in [0.717, 1.165) is 11.8 Å². The monoisotopic (exact) mass is 228 g/mol. The van der Waals surface area contributed by atoms with Gasteiger partial charge in [0.2, 0.25) is 0 Å². The third kappa shape index (κ3) is 3.30. The molecule has 2 saturated carbocycles. The average Bonchev–Trinajstić information content (AvgIpc) is 2.89. The highest BCUT2D eigenvalue weighted by Gasteiger charge is 2.28. The van der Waals surface area contributed by atoms with Gasteiger partial charge in [0.15, 0.2) is 0 Å². The van der Waals surface area contributed by atoms with Crippen LogP contribution < -0.4 is 0 Å². The standard InChI is InChI=1S/C12H24O2Si/c13-15-14-12(11-7-3-4-8-11)9-10-5-1-2-6-10/h10-13H,1-9,15H2. The fraction of sp³-hybridized carbons (Fsp3) is 1.00. The van der Waals surface area contributed by atoms with Gasteiger partial charge >= 0.3 is 10.0 Å². The molecule has 88 valence electrons. The Morgan fingerprint density at radius 2 is 1.67 bits per heavy atom. The zero-order valence-corrected chi connectivity index (χ0v) is 11.1. The third-order valence-corrected chi connectivity index (χ3v) is 4.83. The van der Waals surface area contributed by atoms with E-state index in [4.69, 9.17) is 9.22 Å². The average molecular weight is 228 g/mol. The zero-order valence-electron chi connectivity index (χ0n) is 9.66. The fourth-order valence-corrected chi connectivity index (χ4v) is 4.00. The van der Waals surface area contributed by atoms with Crippen molar-refractivity contribution in [3.63, 3.8) is 0 Å². The summed E-state index contributed by atoms with van der Waals surface area (Å²) < 4.78 is 5.68. The Morgan fingerprint density at radius 3 is 2.27 bits per heavy atom. The quantitative estimate of drug-likeness (QED) is 0.731. The summed E-state index contributed by atoms with van der Waals surface area (Å²) in [5.74, 6) is 1.67. The van der Waals surface area contributed by atoms with Crippen LogP contribution >= 0.6 is 0 Å². The highest BCUT2D eigenvalue weighted by atomic mass is 28.2. The lowest BCUT2D eigenvalue weighted by Gasteiger charge is -2.26. The van der Waals surface area contributed by atoms with Crippen LogP contribution in [0.4, 0.5) is 0 Å². The van der Waals surface area contributed by atoms with Crippen LogP contribution in [0.1, 0.15) is 57.8 Å². The Balaban J connectivity index is 1.81. The lowest BCUT2D eigenvalue weighted by molar-refractivity contribution is 0.0972. The van der Waals surface area contributed by atoms with Crippen LogP contribution in [0, 0.1) is 11.8 Å². The van der Waals surface area contributed by atoms with Crippen molar-refractivity contribution in [1.29, 1.82) is 0 Å². The summed E-state index contributed by atoms with van der Waals surface area (Å²) >= 11 is 0. The smallest absolute Gasteiger partial charge is 0.302 e. The molecule has 0 spiro atoms. The zero-order chi connectivity index (χ0) is 10.5. The molecule has 2 nitrogen and oxygen atoms in total. The van der Waals surface area contributed by atoms with Crippen LogP contribution in [0.2, 0.25) is 0 Å². The Bertz CT molecular complexity index is 174. The summed E-state index contributed by atoms with van der Waals surface area (Å²) in [6, 6.07) is 0. The van der Waals surface area contributed by atoms with Gasteiger partial charge in [-0.1, -0.05) is 38.5 Å². The van der Waals surface area contributed by atoms with Crippen LogP contribution in [0.25, 0.3) is 0 Å². The predicted octanol–water partition coefficient (Wildman–Crippen LogP) is 2.13. The number of rotatable bonds is 5. The van der Waals surface area contributed by atoms with Gasteiger partial charge in [0.25, 0.3) is 0 Å². The van der Waals surface area contributed by atoms with Gasteiger partial charge in [-0.3, -0.25) is 0 Å². The summed E-state index contributed by atoms with van der Waals surface area (Å²) in [7, 11) is -1.20. The van der Waals surface area contributed by atoms with Crippen LogP contribution in [0.5, 0.6) is 0 Å². The van der Waals surface area contributed by atoms with Crippen molar-refractivity contribution >= 4 is 10.0 Å². The van der Waals surface area contributed by atoms with Gasteiger partial charge in [-0.05, 0) is 31.1 Å². The molecule has 0 aromatic heterocycles. The lowest BCUT2D eigenvalue weighted by Crippen LogP contribution is -2.26. The summed E-state index contributed by atoms with van der Waals surface area (Å²) in [5.41, 5.74) is 0. The van der Waals surface area contributed by atoms with Crippen molar-refractivity contribution in [1.82, 2.24) is 0 Å². The molecule has 0 heterocycles. The topological polar surface area (TPSA) is 29.5 Å². The number of hydrogen-bond donors (Lipinski definition) is 1. The Morgan fingerprint density at radius 1 is 1.07 bits per heavy atom. The van der Waals surface area contributed by atoms with Gasteiger partial charge in [0.05, 0.1) is 0 Å². The molecular weight excluding hydrogens is 204 g/mol.